The summed E-state index contributed by atoms with van der Waals surface area (Å²) in [5.41, 5.74) is 6.15. The van der Waals surface area contributed by atoms with Crippen molar-refractivity contribution in [3.05, 3.63) is 59.2 Å². The summed E-state index contributed by atoms with van der Waals surface area (Å²) >= 11 is 0. The molecule has 0 bridgehead atoms. The Kier molecular flexibility index (Phi) is 4.18. The largest absolute Gasteiger partial charge is 0.457 e. The van der Waals surface area contributed by atoms with E-state index < -0.39 is 0 Å². The molecule has 2 aromatic rings. The monoisotopic (exact) mass is 254 g/mol. The van der Waals surface area contributed by atoms with Gasteiger partial charge in [-0.25, -0.2) is 0 Å². The van der Waals surface area contributed by atoms with Crippen LogP contribution in [-0.2, 0) is 0 Å². The maximum Gasteiger partial charge on any atom is 0.130 e. The number of hydrogen-bond acceptors (Lipinski definition) is 3. The van der Waals surface area contributed by atoms with Crippen LogP contribution in [0.3, 0.4) is 0 Å². The van der Waals surface area contributed by atoms with Crippen LogP contribution in [0.1, 0.15) is 16.7 Å². The first-order valence-corrected chi connectivity index (χ1v) is 6.24. The van der Waals surface area contributed by atoms with Crippen molar-refractivity contribution in [1.82, 2.24) is 5.43 Å². The summed E-state index contributed by atoms with van der Waals surface area (Å²) < 4.78 is 5.89. The van der Waals surface area contributed by atoms with Gasteiger partial charge in [0.1, 0.15) is 11.5 Å². The molecule has 0 saturated carbocycles. The van der Waals surface area contributed by atoms with E-state index in [4.69, 9.17) is 4.74 Å². The summed E-state index contributed by atoms with van der Waals surface area (Å²) in [7, 11) is 1.77. The van der Waals surface area contributed by atoms with Crippen molar-refractivity contribution in [3.8, 4) is 11.5 Å². The van der Waals surface area contributed by atoms with Crippen LogP contribution in [0.25, 0.3) is 0 Å². The van der Waals surface area contributed by atoms with Gasteiger partial charge >= 0.3 is 0 Å². The molecule has 1 N–H and O–H groups in total. The Morgan fingerprint density at radius 1 is 1.05 bits per heavy atom. The van der Waals surface area contributed by atoms with Crippen LogP contribution in [0.2, 0.25) is 0 Å². The van der Waals surface area contributed by atoms with E-state index in [0.717, 1.165) is 17.1 Å². The molecular weight excluding hydrogens is 236 g/mol. The normalized spacial score (nSPS) is 10.7. The van der Waals surface area contributed by atoms with E-state index >= 15 is 0 Å². The zero-order valence-electron chi connectivity index (χ0n) is 11.5. The molecule has 0 spiro atoms. The lowest BCUT2D eigenvalue weighted by Gasteiger charge is -2.10. The smallest absolute Gasteiger partial charge is 0.130 e. The molecule has 2 rings (SSSR count). The Morgan fingerprint density at radius 2 is 1.79 bits per heavy atom. The summed E-state index contributed by atoms with van der Waals surface area (Å²) in [6, 6.07) is 13.9. The van der Waals surface area contributed by atoms with Gasteiger partial charge in [0, 0.05) is 7.05 Å². The van der Waals surface area contributed by atoms with Gasteiger partial charge in [-0.15, -0.1) is 0 Å². The maximum absolute atomic E-state index is 5.89. The van der Waals surface area contributed by atoms with Gasteiger partial charge in [-0.3, -0.25) is 0 Å². The van der Waals surface area contributed by atoms with Crippen molar-refractivity contribution in [2.45, 2.75) is 13.8 Å². The van der Waals surface area contributed by atoms with E-state index in [1.165, 1.54) is 11.1 Å². The zero-order valence-corrected chi connectivity index (χ0v) is 11.5. The maximum atomic E-state index is 5.89. The number of hydrazone groups is 1. The predicted octanol–water partition coefficient (Wildman–Crippen LogP) is 3.65. The van der Waals surface area contributed by atoms with Crippen LogP contribution >= 0.6 is 0 Å². The quantitative estimate of drug-likeness (QED) is 0.667. The number of rotatable bonds is 4. The third-order valence-corrected chi connectivity index (χ3v) is 3.01. The second-order valence-electron chi connectivity index (χ2n) is 4.35. The third-order valence-electron chi connectivity index (χ3n) is 3.01. The lowest BCUT2D eigenvalue weighted by atomic mass is 10.1. The molecular formula is C16H18N2O. The second kappa shape index (κ2) is 6.05. The molecule has 0 saturated heterocycles. The number of nitrogens with one attached hydrogen (secondary N) is 1. The highest BCUT2D eigenvalue weighted by Crippen LogP contribution is 2.26. The van der Waals surface area contributed by atoms with Gasteiger partial charge in [-0.05, 0) is 60.9 Å². The minimum atomic E-state index is 0.829. The molecule has 0 aromatic heterocycles. The molecule has 0 amide bonds. The first-order valence-electron chi connectivity index (χ1n) is 6.24. The van der Waals surface area contributed by atoms with Gasteiger partial charge < -0.3 is 10.2 Å². The SMILES string of the molecule is CNN=Cc1ccc(Oc2cccc(C)c2C)cc1. The van der Waals surface area contributed by atoms with Crippen LogP contribution < -0.4 is 10.2 Å². The molecule has 98 valence electrons. The molecule has 0 unspecified atom stereocenters. The van der Waals surface area contributed by atoms with E-state index in [9.17, 15) is 0 Å². The van der Waals surface area contributed by atoms with E-state index in [0.29, 0.717) is 0 Å². The molecule has 19 heavy (non-hydrogen) atoms. The van der Waals surface area contributed by atoms with Crippen molar-refractivity contribution in [2.24, 2.45) is 5.10 Å². The summed E-state index contributed by atoms with van der Waals surface area (Å²) in [5.74, 6) is 1.73. The molecule has 0 aliphatic carbocycles. The molecule has 0 aliphatic rings. The van der Waals surface area contributed by atoms with E-state index in [1.54, 1.807) is 13.3 Å². The third kappa shape index (κ3) is 3.35. The van der Waals surface area contributed by atoms with Gasteiger partial charge in [0.2, 0.25) is 0 Å². The van der Waals surface area contributed by atoms with Crippen molar-refractivity contribution in [3.63, 3.8) is 0 Å². The first kappa shape index (κ1) is 13.1. The molecule has 3 heteroatoms. The summed E-state index contributed by atoms with van der Waals surface area (Å²) in [6.45, 7) is 4.15. The van der Waals surface area contributed by atoms with Crippen molar-refractivity contribution in [1.29, 1.82) is 0 Å². The number of nitrogens with zero attached hydrogens (tertiary/aromatic N) is 1. The van der Waals surface area contributed by atoms with Gasteiger partial charge in [0.15, 0.2) is 0 Å². The molecule has 0 aliphatic heterocycles. The fourth-order valence-electron chi connectivity index (χ4n) is 1.72. The highest BCUT2D eigenvalue weighted by Gasteiger charge is 2.03. The Bertz CT molecular complexity index is 574. The van der Waals surface area contributed by atoms with E-state index in [1.807, 2.05) is 36.4 Å². The molecule has 0 atom stereocenters. The highest BCUT2D eigenvalue weighted by atomic mass is 16.5. The van der Waals surface area contributed by atoms with E-state index in [2.05, 4.69) is 30.4 Å². The number of hydrogen-bond donors (Lipinski definition) is 1. The second-order valence-corrected chi connectivity index (χ2v) is 4.35. The number of benzene rings is 2. The molecule has 0 heterocycles. The Hall–Kier alpha value is -2.29. The fraction of sp³-hybridized carbons (Fsp3) is 0.188. The van der Waals surface area contributed by atoms with Crippen molar-refractivity contribution < 1.29 is 4.74 Å². The molecule has 0 fully saturated rings. The molecule has 2 aromatic carbocycles. The number of aryl methyl sites for hydroxylation is 1. The van der Waals surface area contributed by atoms with Crippen LogP contribution in [-0.4, -0.2) is 13.3 Å². The highest BCUT2D eigenvalue weighted by molar-refractivity contribution is 5.79. The van der Waals surface area contributed by atoms with Crippen LogP contribution in [0, 0.1) is 13.8 Å². The number of ether oxygens (including phenoxy) is 1. The van der Waals surface area contributed by atoms with Crippen molar-refractivity contribution >= 4 is 6.21 Å². The predicted molar refractivity (Wildman–Crippen MR) is 79.1 cm³/mol. The zero-order chi connectivity index (χ0) is 13.7. The van der Waals surface area contributed by atoms with Crippen molar-refractivity contribution in [2.75, 3.05) is 7.05 Å². The molecule has 0 radical (unpaired) electrons. The topological polar surface area (TPSA) is 33.6 Å². The summed E-state index contributed by atoms with van der Waals surface area (Å²) in [6.07, 6.45) is 1.77. The van der Waals surface area contributed by atoms with Gasteiger partial charge in [-0.1, -0.05) is 12.1 Å². The van der Waals surface area contributed by atoms with Crippen LogP contribution in [0.4, 0.5) is 0 Å². The first-order chi connectivity index (χ1) is 9.20. The Morgan fingerprint density at radius 3 is 2.47 bits per heavy atom. The van der Waals surface area contributed by atoms with Crippen LogP contribution in [0.15, 0.2) is 47.6 Å². The Balaban J connectivity index is 2.15. The lowest BCUT2D eigenvalue weighted by molar-refractivity contribution is 0.478. The lowest BCUT2D eigenvalue weighted by Crippen LogP contribution is -1.94. The minimum absolute atomic E-state index is 0.829. The average Bonchev–Trinajstić information content (AvgIpc) is 2.43. The van der Waals surface area contributed by atoms with Gasteiger partial charge in [0.25, 0.3) is 0 Å². The minimum Gasteiger partial charge on any atom is -0.457 e. The summed E-state index contributed by atoms with van der Waals surface area (Å²) in [5, 5.41) is 3.97. The van der Waals surface area contributed by atoms with Crippen LogP contribution in [0.5, 0.6) is 11.5 Å². The van der Waals surface area contributed by atoms with Gasteiger partial charge in [0.05, 0.1) is 6.21 Å². The fourth-order valence-corrected chi connectivity index (χ4v) is 1.72. The Labute approximate surface area is 113 Å². The van der Waals surface area contributed by atoms with Gasteiger partial charge in [-0.2, -0.15) is 5.10 Å². The standard InChI is InChI=1S/C16H18N2O/c1-12-5-4-6-16(13(12)2)19-15-9-7-14(8-10-15)11-18-17-3/h4-11,17H,1-3H3. The molecule has 3 nitrogen and oxygen atoms in total. The van der Waals surface area contributed by atoms with E-state index in [-0.39, 0.29) is 0 Å². The summed E-state index contributed by atoms with van der Waals surface area (Å²) in [4.78, 5) is 0. The average molecular weight is 254 g/mol.